The molecule has 0 heterocycles. The molecule has 2 rings (SSSR count). The van der Waals surface area contributed by atoms with E-state index >= 15 is 0 Å². The third-order valence-electron chi connectivity index (χ3n) is 4.04. The summed E-state index contributed by atoms with van der Waals surface area (Å²) in [6.07, 6.45) is 0. The molecule has 0 radical (unpaired) electrons. The van der Waals surface area contributed by atoms with Crippen LogP contribution in [0.1, 0.15) is 25.3 Å². The van der Waals surface area contributed by atoms with Crippen molar-refractivity contribution in [2.45, 2.75) is 24.7 Å². The fourth-order valence-corrected chi connectivity index (χ4v) is 3.70. The minimum Gasteiger partial charge on any atom is -0.491 e. The van der Waals surface area contributed by atoms with E-state index in [9.17, 15) is 13.2 Å². The van der Waals surface area contributed by atoms with Crippen LogP contribution >= 0.6 is 0 Å². The molecule has 6 nitrogen and oxygen atoms in total. The third-order valence-corrected chi connectivity index (χ3v) is 5.86. The first-order chi connectivity index (χ1) is 12.8. The van der Waals surface area contributed by atoms with Gasteiger partial charge in [-0.3, -0.25) is 4.79 Å². The smallest absolute Gasteiger partial charge is 0.243 e. The molecule has 2 aromatic rings. The Kier molecular flexibility index (Phi) is 7.38. The molecule has 0 spiro atoms. The molecule has 1 N–H and O–H groups in total. The summed E-state index contributed by atoms with van der Waals surface area (Å²) in [5, 5.41) is 2.69. The zero-order chi connectivity index (χ0) is 19.9. The highest BCUT2D eigenvalue weighted by Gasteiger charge is 2.22. The number of sulfonamides is 1. The Hall–Kier alpha value is -2.38. The van der Waals surface area contributed by atoms with Crippen LogP contribution in [0.15, 0.2) is 59.5 Å². The first-order valence-corrected chi connectivity index (χ1v) is 10.3. The molecule has 0 bridgehead atoms. The summed E-state index contributed by atoms with van der Waals surface area (Å²) in [5.74, 6) is 0.760. The Morgan fingerprint density at radius 1 is 1.07 bits per heavy atom. The van der Waals surface area contributed by atoms with Gasteiger partial charge in [0.1, 0.15) is 12.4 Å². The lowest BCUT2D eigenvalue weighted by Crippen LogP contribution is -2.39. The number of hydrogen-bond donors (Lipinski definition) is 1. The van der Waals surface area contributed by atoms with Crippen molar-refractivity contribution in [1.29, 1.82) is 0 Å². The Bertz CT molecular complexity index is 851. The number of ether oxygens (including phenoxy) is 1. The third kappa shape index (κ3) is 5.80. The second-order valence-corrected chi connectivity index (χ2v) is 8.51. The maximum atomic E-state index is 12.4. The van der Waals surface area contributed by atoms with Gasteiger partial charge in [0.25, 0.3) is 0 Å². The largest absolute Gasteiger partial charge is 0.491 e. The summed E-state index contributed by atoms with van der Waals surface area (Å²) in [4.78, 5) is 12.2. The fourth-order valence-electron chi connectivity index (χ4n) is 2.56. The number of rotatable bonds is 9. The summed E-state index contributed by atoms with van der Waals surface area (Å²) in [5.41, 5.74) is 1.11. The van der Waals surface area contributed by atoms with Crippen molar-refractivity contribution in [2.24, 2.45) is 0 Å². The molecule has 0 atom stereocenters. The number of benzene rings is 2. The van der Waals surface area contributed by atoms with Crippen LogP contribution in [0.5, 0.6) is 5.75 Å². The van der Waals surface area contributed by atoms with E-state index in [1.807, 2.05) is 24.3 Å². The molecule has 0 saturated heterocycles. The van der Waals surface area contributed by atoms with E-state index in [4.69, 9.17) is 4.74 Å². The second kappa shape index (κ2) is 9.53. The van der Waals surface area contributed by atoms with Gasteiger partial charge in [-0.1, -0.05) is 50.2 Å². The average Bonchev–Trinajstić information content (AvgIpc) is 2.66. The van der Waals surface area contributed by atoms with E-state index in [2.05, 4.69) is 19.2 Å². The number of hydrogen-bond acceptors (Lipinski definition) is 4. The topological polar surface area (TPSA) is 75.7 Å². The number of nitrogens with zero attached hydrogens (tertiary/aromatic N) is 1. The van der Waals surface area contributed by atoms with E-state index < -0.39 is 10.0 Å². The Labute approximate surface area is 161 Å². The zero-order valence-electron chi connectivity index (χ0n) is 15.9. The van der Waals surface area contributed by atoms with Gasteiger partial charge in [-0.2, -0.15) is 4.31 Å². The highest BCUT2D eigenvalue weighted by Crippen LogP contribution is 2.25. The Balaban J connectivity index is 1.81. The van der Waals surface area contributed by atoms with Crippen LogP contribution in [-0.2, 0) is 14.8 Å². The van der Waals surface area contributed by atoms with Gasteiger partial charge in [0.15, 0.2) is 0 Å². The number of likely N-dealkylation sites (N-methyl/N-ethyl adjacent to an activating group) is 1. The maximum Gasteiger partial charge on any atom is 0.243 e. The quantitative estimate of drug-likeness (QED) is 0.668. The average molecular weight is 391 g/mol. The molecular formula is C20H26N2O4S. The van der Waals surface area contributed by atoms with Crippen molar-refractivity contribution in [1.82, 2.24) is 9.62 Å². The molecule has 0 unspecified atom stereocenters. The van der Waals surface area contributed by atoms with Crippen LogP contribution in [0.4, 0.5) is 0 Å². The number of amides is 1. The van der Waals surface area contributed by atoms with Crippen LogP contribution < -0.4 is 10.1 Å². The molecule has 0 aliphatic rings. The minimum atomic E-state index is -3.68. The van der Waals surface area contributed by atoms with Crippen LogP contribution in [0.25, 0.3) is 0 Å². The summed E-state index contributed by atoms with van der Waals surface area (Å²) >= 11 is 0. The van der Waals surface area contributed by atoms with Crippen molar-refractivity contribution in [3.63, 3.8) is 0 Å². The SMILES string of the molecule is CC(C)c1ccccc1OCCNC(=O)CN(C)S(=O)(=O)c1ccccc1. The second-order valence-electron chi connectivity index (χ2n) is 6.47. The molecule has 7 heteroatoms. The van der Waals surface area contributed by atoms with Gasteiger partial charge in [0.2, 0.25) is 15.9 Å². The Morgan fingerprint density at radius 2 is 1.70 bits per heavy atom. The van der Waals surface area contributed by atoms with Gasteiger partial charge in [-0.25, -0.2) is 8.42 Å². The van der Waals surface area contributed by atoms with Gasteiger partial charge in [-0.05, 0) is 29.7 Å². The first kappa shape index (κ1) is 20.9. The lowest BCUT2D eigenvalue weighted by molar-refractivity contribution is -0.121. The van der Waals surface area contributed by atoms with E-state index in [0.29, 0.717) is 19.1 Å². The van der Waals surface area contributed by atoms with Crippen LogP contribution in [0, 0.1) is 0 Å². The van der Waals surface area contributed by atoms with E-state index in [0.717, 1.165) is 15.6 Å². The zero-order valence-corrected chi connectivity index (χ0v) is 16.7. The summed E-state index contributed by atoms with van der Waals surface area (Å²) < 4.78 is 31.6. The summed E-state index contributed by atoms with van der Waals surface area (Å²) in [6, 6.07) is 15.8. The molecule has 0 aliphatic carbocycles. The molecule has 0 aromatic heterocycles. The van der Waals surface area contributed by atoms with E-state index in [1.54, 1.807) is 18.2 Å². The van der Waals surface area contributed by atoms with Crippen molar-refractivity contribution in [2.75, 3.05) is 26.7 Å². The molecule has 27 heavy (non-hydrogen) atoms. The molecule has 2 aromatic carbocycles. The van der Waals surface area contributed by atoms with Crippen LogP contribution in [-0.4, -0.2) is 45.4 Å². The molecule has 1 amide bonds. The molecule has 0 aliphatic heterocycles. The highest BCUT2D eigenvalue weighted by molar-refractivity contribution is 7.89. The van der Waals surface area contributed by atoms with Crippen molar-refractivity contribution in [3.8, 4) is 5.75 Å². The van der Waals surface area contributed by atoms with Gasteiger partial charge in [-0.15, -0.1) is 0 Å². The van der Waals surface area contributed by atoms with Crippen LogP contribution in [0.2, 0.25) is 0 Å². The van der Waals surface area contributed by atoms with Crippen LogP contribution in [0.3, 0.4) is 0 Å². The lowest BCUT2D eigenvalue weighted by atomic mass is 10.0. The molecule has 0 fully saturated rings. The molecule has 0 saturated carbocycles. The van der Waals surface area contributed by atoms with Gasteiger partial charge >= 0.3 is 0 Å². The predicted molar refractivity (Wildman–Crippen MR) is 105 cm³/mol. The number of nitrogens with one attached hydrogen (secondary N) is 1. The van der Waals surface area contributed by atoms with Crippen molar-refractivity contribution in [3.05, 3.63) is 60.2 Å². The number of carbonyl (C=O) groups excluding carboxylic acids is 1. The summed E-state index contributed by atoms with van der Waals surface area (Å²) in [6.45, 7) is 4.54. The van der Waals surface area contributed by atoms with Gasteiger partial charge < -0.3 is 10.1 Å². The number of carbonyl (C=O) groups is 1. The fraction of sp³-hybridized carbons (Fsp3) is 0.350. The minimum absolute atomic E-state index is 0.161. The molecule has 146 valence electrons. The van der Waals surface area contributed by atoms with E-state index in [1.165, 1.54) is 19.2 Å². The monoisotopic (exact) mass is 390 g/mol. The number of para-hydroxylation sites is 1. The predicted octanol–water partition coefficient (Wildman–Crippen LogP) is 2.63. The standard InChI is InChI=1S/C20H26N2O4S/c1-16(2)18-11-7-8-12-19(18)26-14-13-21-20(23)15-22(3)27(24,25)17-9-5-4-6-10-17/h4-12,16H,13-15H2,1-3H3,(H,21,23). The highest BCUT2D eigenvalue weighted by atomic mass is 32.2. The summed E-state index contributed by atoms with van der Waals surface area (Å²) in [7, 11) is -2.30. The maximum absolute atomic E-state index is 12.4. The van der Waals surface area contributed by atoms with Crippen molar-refractivity contribution < 1.29 is 17.9 Å². The first-order valence-electron chi connectivity index (χ1n) is 8.82. The van der Waals surface area contributed by atoms with Gasteiger partial charge in [0.05, 0.1) is 18.0 Å². The Morgan fingerprint density at radius 3 is 2.37 bits per heavy atom. The molecular weight excluding hydrogens is 364 g/mol. The van der Waals surface area contributed by atoms with Gasteiger partial charge in [0, 0.05) is 7.05 Å². The lowest BCUT2D eigenvalue weighted by Gasteiger charge is -2.17. The van der Waals surface area contributed by atoms with E-state index in [-0.39, 0.29) is 17.3 Å². The normalized spacial score (nSPS) is 11.6. The van der Waals surface area contributed by atoms with Crippen molar-refractivity contribution >= 4 is 15.9 Å².